The maximum absolute atomic E-state index is 11.9. The fourth-order valence-corrected chi connectivity index (χ4v) is 2.06. The van der Waals surface area contributed by atoms with E-state index in [9.17, 15) is 9.90 Å². The molecule has 0 bridgehead atoms. The normalized spacial score (nSPS) is 11.8. The van der Waals surface area contributed by atoms with Crippen LogP contribution in [0, 0.1) is 0 Å². The zero-order chi connectivity index (χ0) is 13.3. The number of carbonyl (C=O) groups is 1. The van der Waals surface area contributed by atoms with Crippen molar-refractivity contribution in [2.75, 3.05) is 7.05 Å². The second kappa shape index (κ2) is 4.46. The first-order valence-corrected chi connectivity index (χ1v) is 5.92. The van der Waals surface area contributed by atoms with E-state index in [-0.39, 0.29) is 5.91 Å². The number of nitrogens with zero attached hydrogens (tertiary/aromatic N) is 1. The number of para-hydroxylation sites is 1. The fraction of sp³-hybridized carbons (Fsp3) is 0.357. The molecule has 2 N–H and O–H groups in total. The molecule has 0 aliphatic carbocycles. The highest BCUT2D eigenvalue weighted by molar-refractivity contribution is 5.86. The molecule has 1 amide bonds. The van der Waals surface area contributed by atoms with Crippen molar-refractivity contribution >= 4 is 16.8 Å². The maximum Gasteiger partial charge on any atom is 0.253 e. The van der Waals surface area contributed by atoms with Crippen LogP contribution in [0.4, 0.5) is 0 Å². The first-order chi connectivity index (χ1) is 8.39. The van der Waals surface area contributed by atoms with Gasteiger partial charge in [-0.2, -0.15) is 0 Å². The highest BCUT2D eigenvalue weighted by Crippen LogP contribution is 2.19. The molecule has 0 saturated carbocycles. The van der Waals surface area contributed by atoms with E-state index in [1.807, 2.05) is 30.5 Å². The Labute approximate surface area is 106 Å². The van der Waals surface area contributed by atoms with Gasteiger partial charge in [0.25, 0.3) is 5.91 Å². The SMILES string of the molecule is CN(Cc1c[nH]c2ccccc12)C(=O)C(C)(C)O. The molecule has 0 unspecified atom stereocenters. The molecular weight excluding hydrogens is 228 g/mol. The van der Waals surface area contributed by atoms with Crippen LogP contribution in [0.5, 0.6) is 0 Å². The fourth-order valence-electron chi connectivity index (χ4n) is 2.06. The third-order valence-electron chi connectivity index (χ3n) is 2.95. The van der Waals surface area contributed by atoms with Crippen LogP contribution in [0.1, 0.15) is 19.4 Å². The molecule has 0 aliphatic heterocycles. The number of fused-ring (bicyclic) bond motifs is 1. The Hall–Kier alpha value is -1.81. The van der Waals surface area contributed by atoms with Gasteiger partial charge < -0.3 is 15.0 Å². The molecule has 1 aromatic carbocycles. The van der Waals surface area contributed by atoms with Crippen LogP contribution in [-0.4, -0.2) is 33.5 Å². The Balaban J connectivity index is 2.22. The average molecular weight is 246 g/mol. The Kier molecular flexibility index (Phi) is 3.13. The molecule has 1 heterocycles. The van der Waals surface area contributed by atoms with Crippen LogP contribution in [0.3, 0.4) is 0 Å². The maximum atomic E-state index is 11.9. The lowest BCUT2D eigenvalue weighted by Gasteiger charge is -2.24. The number of H-pyrrole nitrogens is 1. The van der Waals surface area contributed by atoms with Crippen molar-refractivity contribution in [3.8, 4) is 0 Å². The summed E-state index contributed by atoms with van der Waals surface area (Å²) in [6, 6.07) is 7.95. The van der Waals surface area contributed by atoms with Crippen molar-refractivity contribution in [2.45, 2.75) is 26.0 Å². The minimum atomic E-state index is -1.33. The third kappa shape index (κ3) is 2.38. The number of carbonyl (C=O) groups excluding carboxylic acids is 1. The van der Waals surface area contributed by atoms with Gasteiger partial charge in [-0.3, -0.25) is 4.79 Å². The lowest BCUT2D eigenvalue weighted by atomic mass is 10.1. The summed E-state index contributed by atoms with van der Waals surface area (Å²) in [6.07, 6.45) is 1.90. The van der Waals surface area contributed by atoms with Crippen molar-refractivity contribution in [2.24, 2.45) is 0 Å². The molecule has 2 rings (SSSR count). The zero-order valence-electron chi connectivity index (χ0n) is 10.9. The van der Waals surface area contributed by atoms with Crippen LogP contribution in [-0.2, 0) is 11.3 Å². The standard InChI is InChI=1S/C14H18N2O2/c1-14(2,18)13(17)16(3)9-10-8-15-12-7-5-4-6-11(10)12/h4-8,15,18H,9H2,1-3H3. The minimum Gasteiger partial charge on any atom is -0.381 e. The Bertz CT molecular complexity index is 566. The van der Waals surface area contributed by atoms with E-state index in [4.69, 9.17) is 0 Å². The van der Waals surface area contributed by atoms with Crippen molar-refractivity contribution in [3.05, 3.63) is 36.0 Å². The van der Waals surface area contributed by atoms with Gasteiger partial charge in [0.1, 0.15) is 5.60 Å². The van der Waals surface area contributed by atoms with Gasteiger partial charge in [0.2, 0.25) is 0 Å². The number of likely N-dealkylation sites (N-methyl/N-ethyl adjacent to an activating group) is 1. The number of aromatic amines is 1. The lowest BCUT2D eigenvalue weighted by Crippen LogP contribution is -2.42. The second-order valence-corrected chi connectivity index (χ2v) is 5.08. The van der Waals surface area contributed by atoms with Crippen LogP contribution in [0.15, 0.2) is 30.5 Å². The molecule has 0 spiro atoms. The molecule has 0 aliphatic rings. The third-order valence-corrected chi connectivity index (χ3v) is 2.95. The molecule has 0 atom stereocenters. The number of aromatic nitrogens is 1. The summed E-state index contributed by atoms with van der Waals surface area (Å²) in [7, 11) is 1.70. The summed E-state index contributed by atoms with van der Waals surface area (Å²) < 4.78 is 0. The minimum absolute atomic E-state index is 0.284. The number of hydrogen-bond donors (Lipinski definition) is 2. The average Bonchev–Trinajstić information content (AvgIpc) is 2.70. The summed E-state index contributed by atoms with van der Waals surface area (Å²) >= 11 is 0. The number of amides is 1. The lowest BCUT2D eigenvalue weighted by molar-refractivity contribution is -0.146. The van der Waals surface area contributed by atoms with Crippen LogP contribution in [0.2, 0.25) is 0 Å². The van der Waals surface area contributed by atoms with Gasteiger partial charge in [0.15, 0.2) is 0 Å². The Morgan fingerprint density at radius 3 is 2.72 bits per heavy atom. The van der Waals surface area contributed by atoms with E-state index in [1.54, 1.807) is 7.05 Å². The monoisotopic (exact) mass is 246 g/mol. The van der Waals surface area contributed by atoms with Gasteiger partial charge in [0.05, 0.1) is 0 Å². The molecule has 0 fully saturated rings. The van der Waals surface area contributed by atoms with E-state index >= 15 is 0 Å². The van der Waals surface area contributed by atoms with E-state index in [1.165, 1.54) is 18.7 Å². The molecule has 0 saturated heterocycles. The van der Waals surface area contributed by atoms with E-state index in [2.05, 4.69) is 4.98 Å². The van der Waals surface area contributed by atoms with Crippen molar-refractivity contribution in [1.29, 1.82) is 0 Å². The van der Waals surface area contributed by atoms with Crippen molar-refractivity contribution < 1.29 is 9.90 Å². The van der Waals surface area contributed by atoms with Crippen molar-refractivity contribution in [3.63, 3.8) is 0 Å². The molecule has 18 heavy (non-hydrogen) atoms. The quantitative estimate of drug-likeness (QED) is 0.869. The van der Waals surface area contributed by atoms with Crippen LogP contribution in [0.25, 0.3) is 10.9 Å². The van der Waals surface area contributed by atoms with Gasteiger partial charge in [-0.1, -0.05) is 18.2 Å². The summed E-state index contributed by atoms with van der Waals surface area (Å²) in [5, 5.41) is 10.8. The number of nitrogens with one attached hydrogen (secondary N) is 1. The molecule has 96 valence electrons. The highest BCUT2D eigenvalue weighted by atomic mass is 16.3. The predicted molar refractivity (Wildman–Crippen MR) is 71.1 cm³/mol. The van der Waals surface area contributed by atoms with Gasteiger partial charge in [-0.25, -0.2) is 0 Å². The van der Waals surface area contributed by atoms with Gasteiger partial charge in [-0.15, -0.1) is 0 Å². The van der Waals surface area contributed by atoms with E-state index < -0.39 is 5.60 Å². The largest absolute Gasteiger partial charge is 0.381 e. The smallest absolute Gasteiger partial charge is 0.253 e. The number of aliphatic hydroxyl groups is 1. The van der Waals surface area contributed by atoms with Gasteiger partial charge in [0, 0.05) is 30.7 Å². The van der Waals surface area contributed by atoms with Crippen LogP contribution < -0.4 is 0 Å². The molecular formula is C14H18N2O2. The zero-order valence-corrected chi connectivity index (χ0v) is 10.9. The van der Waals surface area contributed by atoms with Crippen molar-refractivity contribution in [1.82, 2.24) is 9.88 Å². The highest BCUT2D eigenvalue weighted by Gasteiger charge is 2.27. The van der Waals surface area contributed by atoms with E-state index in [0.717, 1.165) is 16.5 Å². The summed E-state index contributed by atoms with van der Waals surface area (Å²) in [4.78, 5) is 16.6. The van der Waals surface area contributed by atoms with Gasteiger partial charge >= 0.3 is 0 Å². The molecule has 0 radical (unpaired) electrons. The second-order valence-electron chi connectivity index (χ2n) is 5.08. The molecule has 4 heteroatoms. The Morgan fingerprint density at radius 1 is 1.39 bits per heavy atom. The molecule has 1 aromatic heterocycles. The van der Waals surface area contributed by atoms with Gasteiger partial charge in [-0.05, 0) is 25.5 Å². The Morgan fingerprint density at radius 2 is 2.06 bits per heavy atom. The predicted octanol–water partition coefficient (Wildman–Crippen LogP) is 1.90. The number of benzene rings is 1. The summed E-state index contributed by atoms with van der Waals surface area (Å²) in [5.74, 6) is -0.284. The summed E-state index contributed by atoms with van der Waals surface area (Å²) in [5.41, 5.74) is 0.767. The first-order valence-electron chi connectivity index (χ1n) is 5.92. The first kappa shape index (κ1) is 12.6. The number of hydrogen-bond acceptors (Lipinski definition) is 2. The topological polar surface area (TPSA) is 56.3 Å². The summed E-state index contributed by atoms with van der Waals surface area (Å²) in [6.45, 7) is 3.48. The number of rotatable bonds is 3. The van der Waals surface area contributed by atoms with Crippen LogP contribution >= 0.6 is 0 Å². The molecule has 2 aromatic rings. The van der Waals surface area contributed by atoms with E-state index in [0.29, 0.717) is 6.54 Å². The molecule has 4 nitrogen and oxygen atoms in total.